The third-order valence-electron chi connectivity index (χ3n) is 3.82. The van der Waals surface area contributed by atoms with Crippen molar-refractivity contribution in [2.24, 2.45) is 0 Å². The van der Waals surface area contributed by atoms with Crippen molar-refractivity contribution in [3.8, 4) is 10.6 Å². The van der Waals surface area contributed by atoms with Gasteiger partial charge in [-0.25, -0.2) is 9.37 Å². The van der Waals surface area contributed by atoms with E-state index in [0.717, 1.165) is 17.0 Å². The summed E-state index contributed by atoms with van der Waals surface area (Å²) in [6, 6.07) is 13.2. The van der Waals surface area contributed by atoms with E-state index in [1.54, 1.807) is 49.5 Å². The molecule has 0 unspecified atom stereocenters. The maximum absolute atomic E-state index is 13.8. The lowest BCUT2D eigenvalue weighted by Gasteiger charge is -2.15. The fourth-order valence-electron chi connectivity index (χ4n) is 2.28. The number of carbonyl (C=O) groups excluding carboxylic acids is 2. The molecular weight excluding hydrogens is 353 g/mol. The molecule has 1 aromatic heterocycles. The molecule has 0 aliphatic carbocycles. The lowest BCUT2D eigenvalue weighted by atomic mass is 10.2. The van der Waals surface area contributed by atoms with E-state index in [-0.39, 0.29) is 17.6 Å². The van der Waals surface area contributed by atoms with Crippen molar-refractivity contribution in [2.75, 3.05) is 17.3 Å². The minimum atomic E-state index is -0.376. The van der Waals surface area contributed by atoms with Crippen LogP contribution in [0.4, 0.5) is 15.8 Å². The Bertz CT molecular complexity index is 953. The fourth-order valence-corrected chi connectivity index (χ4v) is 3.12. The molecule has 0 saturated carbocycles. The molecule has 3 rings (SSSR count). The van der Waals surface area contributed by atoms with Gasteiger partial charge in [0.15, 0.2) is 0 Å². The maximum Gasteiger partial charge on any atom is 0.267 e. The number of amides is 2. The Morgan fingerprint density at radius 3 is 2.46 bits per heavy atom. The quantitative estimate of drug-likeness (QED) is 0.750. The van der Waals surface area contributed by atoms with E-state index in [0.29, 0.717) is 21.1 Å². The van der Waals surface area contributed by atoms with Gasteiger partial charge in [-0.15, -0.1) is 11.3 Å². The van der Waals surface area contributed by atoms with E-state index in [9.17, 15) is 14.0 Å². The van der Waals surface area contributed by atoms with E-state index in [4.69, 9.17) is 0 Å². The first-order valence-electron chi connectivity index (χ1n) is 7.82. The van der Waals surface area contributed by atoms with E-state index in [1.807, 2.05) is 0 Å². The Kier molecular flexibility index (Phi) is 5.09. The average molecular weight is 369 g/mol. The number of carbonyl (C=O) groups is 2. The monoisotopic (exact) mass is 369 g/mol. The van der Waals surface area contributed by atoms with E-state index in [1.165, 1.54) is 24.1 Å². The predicted octanol–water partition coefficient (Wildman–Crippen LogP) is 4.18. The summed E-state index contributed by atoms with van der Waals surface area (Å²) in [6.07, 6.45) is 1.43. The third kappa shape index (κ3) is 3.78. The summed E-state index contributed by atoms with van der Waals surface area (Å²) in [5.74, 6) is -0.774. The number of hydrogen-bond acceptors (Lipinski definition) is 4. The Balaban J connectivity index is 1.73. The van der Waals surface area contributed by atoms with Crippen molar-refractivity contribution in [1.29, 1.82) is 0 Å². The molecule has 0 aliphatic rings. The summed E-state index contributed by atoms with van der Waals surface area (Å²) in [4.78, 5) is 29.8. The van der Waals surface area contributed by atoms with Crippen LogP contribution in [-0.4, -0.2) is 23.8 Å². The van der Waals surface area contributed by atoms with Crippen LogP contribution in [0.1, 0.15) is 16.6 Å². The molecule has 3 aromatic rings. The molecule has 0 bridgehead atoms. The van der Waals surface area contributed by atoms with Gasteiger partial charge in [-0.1, -0.05) is 12.1 Å². The van der Waals surface area contributed by atoms with Gasteiger partial charge in [0.1, 0.15) is 15.7 Å². The van der Waals surface area contributed by atoms with Crippen LogP contribution >= 0.6 is 11.3 Å². The van der Waals surface area contributed by atoms with Crippen molar-refractivity contribution in [3.05, 3.63) is 65.4 Å². The van der Waals surface area contributed by atoms with Crippen molar-refractivity contribution in [3.63, 3.8) is 0 Å². The summed E-state index contributed by atoms with van der Waals surface area (Å²) >= 11 is 1.12. The van der Waals surface area contributed by atoms with Crippen molar-refractivity contribution >= 4 is 34.5 Å². The number of rotatable bonds is 4. The lowest BCUT2D eigenvalue weighted by molar-refractivity contribution is -0.116. The second-order valence-corrected chi connectivity index (χ2v) is 6.62. The van der Waals surface area contributed by atoms with Crippen LogP contribution in [0.3, 0.4) is 0 Å². The van der Waals surface area contributed by atoms with Crippen LogP contribution in [0.25, 0.3) is 10.6 Å². The van der Waals surface area contributed by atoms with Crippen molar-refractivity contribution in [1.82, 2.24) is 4.98 Å². The summed E-state index contributed by atoms with van der Waals surface area (Å²) in [5, 5.41) is 3.22. The smallest absolute Gasteiger partial charge is 0.267 e. The van der Waals surface area contributed by atoms with Gasteiger partial charge in [-0.3, -0.25) is 9.59 Å². The number of nitrogens with zero attached hydrogens (tertiary/aromatic N) is 2. The molecule has 0 aliphatic heterocycles. The zero-order valence-electron chi connectivity index (χ0n) is 14.2. The van der Waals surface area contributed by atoms with Crippen molar-refractivity contribution in [2.45, 2.75) is 6.92 Å². The van der Waals surface area contributed by atoms with Crippen molar-refractivity contribution < 1.29 is 14.0 Å². The molecule has 0 atom stereocenters. The Morgan fingerprint density at radius 2 is 1.81 bits per heavy atom. The average Bonchev–Trinajstić information content (AvgIpc) is 3.12. The molecule has 1 heterocycles. The molecule has 5 nitrogen and oxygen atoms in total. The molecule has 0 spiro atoms. The lowest BCUT2D eigenvalue weighted by Crippen LogP contribution is -2.22. The summed E-state index contributed by atoms with van der Waals surface area (Å²) in [7, 11) is 1.68. The van der Waals surface area contributed by atoms with E-state index in [2.05, 4.69) is 10.3 Å². The highest BCUT2D eigenvalue weighted by molar-refractivity contribution is 7.17. The maximum atomic E-state index is 13.8. The summed E-state index contributed by atoms with van der Waals surface area (Å²) in [5.41, 5.74) is 1.69. The van der Waals surface area contributed by atoms with Gasteiger partial charge >= 0.3 is 0 Å². The first kappa shape index (κ1) is 17.8. The Morgan fingerprint density at radius 1 is 1.12 bits per heavy atom. The molecule has 26 heavy (non-hydrogen) atoms. The minimum Gasteiger partial charge on any atom is -0.321 e. The molecule has 7 heteroatoms. The molecule has 0 fully saturated rings. The zero-order valence-corrected chi connectivity index (χ0v) is 15.0. The van der Waals surface area contributed by atoms with Gasteiger partial charge in [0.05, 0.1) is 6.20 Å². The van der Waals surface area contributed by atoms with E-state index < -0.39 is 0 Å². The van der Waals surface area contributed by atoms with Crippen LogP contribution in [-0.2, 0) is 4.79 Å². The number of anilines is 2. The standard InChI is InChI=1S/C19H16FN3O2S/c1-12(24)23(2)14-9-7-13(8-10-14)22-18(25)17-11-21-19(26-17)15-5-3-4-6-16(15)20/h3-11H,1-2H3,(H,22,25). The molecule has 1 N–H and O–H groups in total. The van der Waals surface area contributed by atoms with Crippen LogP contribution in [0, 0.1) is 5.82 Å². The highest BCUT2D eigenvalue weighted by Gasteiger charge is 2.14. The topological polar surface area (TPSA) is 62.3 Å². The number of aromatic nitrogens is 1. The number of benzene rings is 2. The Hall–Kier alpha value is -3.06. The number of halogens is 1. The number of hydrogen-bond donors (Lipinski definition) is 1. The van der Waals surface area contributed by atoms with Gasteiger partial charge in [-0.05, 0) is 36.4 Å². The predicted molar refractivity (Wildman–Crippen MR) is 101 cm³/mol. The van der Waals surface area contributed by atoms with Crippen LogP contribution < -0.4 is 10.2 Å². The van der Waals surface area contributed by atoms with Crippen LogP contribution in [0.15, 0.2) is 54.7 Å². The van der Waals surface area contributed by atoms with Gasteiger partial charge in [0.2, 0.25) is 5.91 Å². The number of nitrogens with one attached hydrogen (secondary N) is 1. The molecule has 132 valence electrons. The van der Waals surface area contributed by atoms with E-state index >= 15 is 0 Å². The van der Waals surface area contributed by atoms with Gasteiger partial charge in [0, 0.05) is 30.9 Å². The zero-order chi connectivity index (χ0) is 18.7. The second kappa shape index (κ2) is 7.45. The first-order chi connectivity index (χ1) is 12.5. The molecule has 0 saturated heterocycles. The van der Waals surface area contributed by atoms with Gasteiger partial charge < -0.3 is 10.2 Å². The second-order valence-electron chi connectivity index (χ2n) is 5.59. The van der Waals surface area contributed by atoms with Gasteiger partial charge in [0.25, 0.3) is 5.91 Å². The van der Waals surface area contributed by atoms with Gasteiger partial charge in [-0.2, -0.15) is 0 Å². The SMILES string of the molecule is CC(=O)N(C)c1ccc(NC(=O)c2cnc(-c3ccccc3F)s2)cc1. The normalized spacial score (nSPS) is 10.4. The number of thiazole rings is 1. The highest BCUT2D eigenvalue weighted by Crippen LogP contribution is 2.28. The molecule has 2 amide bonds. The molecule has 2 aromatic carbocycles. The first-order valence-corrected chi connectivity index (χ1v) is 8.64. The molecule has 0 radical (unpaired) electrons. The minimum absolute atomic E-state index is 0.0767. The third-order valence-corrected chi connectivity index (χ3v) is 4.85. The molecular formula is C19H16FN3O2S. The summed E-state index contributed by atoms with van der Waals surface area (Å²) in [6.45, 7) is 1.48. The van der Waals surface area contributed by atoms with Crippen LogP contribution in [0.5, 0.6) is 0 Å². The van der Waals surface area contributed by atoms with Crippen LogP contribution in [0.2, 0.25) is 0 Å². The largest absolute Gasteiger partial charge is 0.321 e. The Labute approximate surface area is 154 Å². The highest BCUT2D eigenvalue weighted by atomic mass is 32.1. The fraction of sp³-hybridized carbons (Fsp3) is 0.105. The summed E-state index contributed by atoms with van der Waals surface area (Å²) < 4.78 is 13.8.